The van der Waals surface area contributed by atoms with Crippen LogP contribution in [0.5, 0.6) is 0 Å². The molecule has 0 saturated carbocycles. The van der Waals surface area contributed by atoms with Crippen molar-refractivity contribution in [1.82, 2.24) is 15.2 Å². The summed E-state index contributed by atoms with van der Waals surface area (Å²) >= 11 is 0. The average molecular weight is 315 g/mol. The normalized spacial score (nSPS) is 22.3. The van der Waals surface area contributed by atoms with Gasteiger partial charge in [0, 0.05) is 31.9 Å². The topological polar surface area (TPSA) is 62.3 Å². The van der Waals surface area contributed by atoms with Crippen molar-refractivity contribution < 1.29 is 22.8 Å². The maximum absolute atomic E-state index is 13.2. The van der Waals surface area contributed by atoms with E-state index in [2.05, 4.69) is 10.3 Å². The number of pyridine rings is 1. The molecule has 0 aromatic carbocycles. The number of likely N-dealkylation sites (tertiary alicyclic amines) is 1. The van der Waals surface area contributed by atoms with Crippen LogP contribution < -0.4 is 5.32 Å². The number of alkyl halides is 3. The molecule has 2 rings (SSSR count). The smallest absolute Gasteiger partial charge is 0.352 e. The zero-order chi connectivity index (χ0) is 16.3. The molecule has 1 saturated heterocycles. The number of hydrogen-bond donors (Lipinski definition) is 1. The Hall–Kier alpha value is -2.12. The van der Waals surface area contributed by atoms with E-state index >= 15 is 0 Å². The lowest BCUT2D eigenvalue weighted by Gasteiger charge is -2.40. The Morgan fingerprint density at radius 1 is 1.36 bits per heavy atom. The van der Waals surface area contributed by atoms with Crippen LogP contribution in [0, 0.1) is 0 Å². The second-order valence-electron chi connectivity index (χ2n) is 5.23. The Labute approximate surface area is 125 Å². The summed E-state index contributed by atoms with van der Waals surface area (Å²) in [6.07, 6.45) is -1.88. The quantitative estimate of drug-likeness (QED) is 0.904. The van der Waals surface area contributed by atoms with Gasteiger partial charge in [-0.1, -0.05) is 0 Å². The zero-order valence-electron chi connectivity index (χ0n) is 11.9. The van der Waals surface area contributed by atoms with Gasteiger partial charge in [0.15, 0.2) is 0 Å². The third-order valence-electron chi connectivity index (χ3n) is 3.54. The fourth-order valence-electron chi connectivity index (χ4n) is 2.60. The number of piperidine rings is 1. The van der Waals surface area contributed by atoms with Crippen LogP contribution in [-0.2, 0) is 4.79 Å². The molecule has 1 aliphatic rings. The van der Waals surface area contributed by atoms with Gasteiger partial charge in [-0.2, -0.15) is 13.2 Å². The number of amides is 2. The van der Waals surface area contributed by atoms with E-state index in [-0.39, 0.29) is 30.9 Å². The molecule has 8 heteroatoms. The summed E-state index contributed by atoms with van der Waals surface area (Å²) < 4.78 is 39.5. The highest BCUT2D eigenvalue weighted by molar-refractivity contribution is 5.94. The third kappa shape index (κ3) is 3.75. The highest BCUT2D eigenvalue weighted by Gasteiger charge is 2.48. The van der Waals surface area contributed by atoms with Gasteiger partial charge in [0.1, 0.15) is 6.04 Å². The van der Waals surface area contributed by atoms with Gasteiger partial charge in [-0.15, -0.1) is 0 Å². The Balaban J connectivity index is 2.23. The predicted molar refractivity (Wildman–Crippen MR) is 72.0 cm³/mol. The van der Waals surface area contributed by atoms with Gasteiger partial charge in [-0.3, -0.25) is 14.6 Å². The molecule has 2 unspecified atom stereocenters. The van der Waals surface area contributed by atoms with Crippen molar-refractivity contribution in [2.75, 3.05) is 6.54 Å². The Morgan fingerprint density at radius 2 is 2.09 bits per heavy atom. The monoisotopic (exact) mass is 315 g/mol. The second-order valence-corrected chi connectivity index (χ2v) is 5.23. The third-order valence-corrected chi connectivity index (χ3v) is 3.54. The summed E-state index contributed by atoms with van der Waals surface area (Å²) in [5.74, 6) is -1.06. The first-order chi connectivity index (χ1) is 10.3. The first-order valence-electron chi connectivity index (χ1n) is 6.84. The number of nitrogens with one attached hydrogen (secondary N) is 1. The van der Waals surface area contributed by atoms with Crippen molar-refractivity contribution in [3.05, 3.63) is 30.1 Å². The van der Waals surface area contributed by atoms with E-state index < -0.39 is 24.2 Å². The lowest BCUT2D eigenvalue weighted by molar-refractivity contribution is -0.184. The summed E-state index contributed by atoms with van der Waals surface area (Å²) in [5, 5.41) is 2.57. The molecule has 1 aliphatic heterocycles. The maximum Gasteiger partial charge on any atom is 0.408 e. The molecule has 120 valence electrons. The number of aromatic nitrogens is 1. The molecule has 22 heavy (non-hydrogen) atoms. The minimum atomic E-state index is -4.50. The number of hydrogen-bond acceptors (Lipinski definition) is 3. The standard InChI is InChI=1S/C14H16F3N3O2/c1-9(21)19-11-4-5-12(14(15,16)17)20(8-11)13(22)10-3-2-6-18-7-10/h2-3,6-7,11-12H,4-5,8H2,1H3,(H,19,21). The number of carbonyl (C=O) groups is 2. The first-order valence-corrected chi connectivity index (χ1v) is 6.84. The Kier molecular flexibility index (Phi) is 4.68. The van der Waals surface area contributed by atoms with Crippen molar-refractivity contribution in [1.29, 1.82) is 0 Å². The SMILES string of the molecule is CC(=O)NC1CCC(C(F)(F)F)N(C(=O)c2cccnc2)C1. The van der Waals surface area contributed by atoms with E-state index in [9.17, 15) is 22.8 Å². The molecule has 0 spiro atoms. The minimum Gasteiger partial charge on any atom is -0.352 e. The van der Waals surface area contributed by atoms with Crippen LogP contribution in [0.15, 0.2) is 24.5 Å². The predicted octanol–water partition coefficient (Wildman–Crippen LogP) is 1.75. The molecule has 1 N–H and O–H groups in total. The molecular weight excluding hydrogens is 299 g/mol. The molecule has 0 bridgehead atoms. The molecule has 5 nitrogen and oxygen atoms in total. The highest BCUT2D eigenvalue weighted by Crippen LogP contribution is 2.32. The minimum absolute atomic E-state index is 0.0974. The molecule has 0 radical (unpaired) electrons. The first kappa shape index (κ1) is 16.3. The van der Waals surface area contributed by atoms with E-state index in [1.807, 2.05) is 0 Å². The summed E-state index contributed by atoms with van der Waals surface area (Å²) in [4.78, 5) is 28.0. The van der Waals surface area contributed by atoms with Gasteiger partial charge in [0.25, 0.3) is 5.91 Å². The van der Waals surface area contributed by atoms with E-state index in [1.54, 1.807) is 0 Å². The summed E-state index contributed by atoms with van der Waals surface area (Å²) in [6.45, 7) is 1.13. The van der Waals surface area contributed by atoms with E-state index in [4.69, 9.17) is 0 Å². The summed E-state index contributed by atoms with van der Waals surface area (Å²) in [7, 11) is 0. The molecule has 2 atom stereocenters. The van der Waals surface area contributed by atoms with Gasteiger partial charge in [0.05, 0.1) is 5.56 Å². The number of halogens is 3. The van der Waals surface area contributed by atoms with Crippen molar-refractivity contribution in [2.24, 2.45) is 0 Å². The molecule has 2 amide bonds. The van der Waals surface area contributed by atoms with Crippen molar-refractivity contribution in [2.45, 2.75) is 38.0 Å². The molecule has 1 fully saturated rings. The number of nitrogens with zero attached hydrogens (tertiary/aromatic N) is 2. The van der Waals surface area contributed by atoms with Gasteiger partial charge in [-0.25, -0.2) is 0 Å². The summed E-state index contributed by atoms with van der Waals surface area (Å²) in [6, 6.07) is 0.595. The van der Waals surface area contributed by atoms with Gasteiger partial charge in [-0.05, 0) is 25.0 Å². The largest absolute Gasteiger partial charge is 0.408 e. The van der Waals surface area contributed by atoms with Crippen LogP contribution in [0.1, 0.15) is 30.1 Å². The fraction of sp³-hybridized carbons (Fsp3) is 0.500. The number of carbonyl (C=O) groups excluding carboxylic acids is 2. The average Bonchev–Trinajstić information content (AvgIpc) is 2.45. The maximum atomic E-state index is 13.2. The Morgan fingerprint density at radius 3 is 2.64 bits per heavy atom. The van der Waals surface area contributed by atoms with Crippen molar-refractivity contribution in [3.63, 3.8) is 0 Å². The molecule has 2 heterocycles. The van der Waals surface area contributed by atoms with Crippen LogP contribution in [0.2, 0.25) is 0 Å². The molecule has 0 aliphatic carbocycles. The molecular formula is C14H16F3N3O2. The second kappa shape index (κ2) is 6.33. The van der Waals surface area contributed by atoms with E-state index in [0.29, 0.717) is 0 Å². The fourth-order valence-corrected chi connectivity index (χ4v) is 2.60. The van der Waals surface area contributed by atoms with Gasteiger partial charge >= 0.3 is 6.18 Å². The van der Waals surface area contributed by atoms with Crippen molar-refractivity contribution in [3.8, 4) is 0 Å². The molecule has 1 aromatic heterocycles. The van der Waals surface area contributed by atoms with Crippen LogP contribution in [0.25, 0.3) is 0 Å². The lowest BCUT2D eigenvalue weighted by atomic mass is 9.96. The number of rotatable bonds is 2. The lowest BCUT2D eigenvalue weighted by Crippen LogP contribution is -2.58. The van der Waals surface area contributed by atoms with Gasteiger partial charge < -0.3 is 10.2 Å². The Bertz CT molecular complexity index is 548. The summed E-state index contributed by atoms with van der Waals surface area (Å²) in [5.41, 5.74) is 0.0974. The van der Waals surface area contributed by atoms with Crippen LogP contribution in [0.3, 0.4) is 0 Å². The van der Waals surface area contributed by atoms with Crippen LogP contribution >= 0.6 is 0 Å². The highest BCUT2D eigenvalue weighted by atomic mass is 19.4. The molecule has 1 aromatic rings. The van der Waals surface area contributed by atoms with Crippen LogP contribution in [0.4, 0.5) is 13.2 Å². The van der Waals surface area contributed by atoms with E-state index in [1.165, 1.54) is 31.5 Å². The van der Waals surface area contributed by atoms with Gasteiger partial charge in [0.2, 0.25) is 5.91 Å². The van der Waals surface area contributed by atoms with Crippen molar-refractivity contribution >= 4 is 11.8 Å². The zero-order valence-corrected chi connectivity index (χ0v) is 11.9. The van der Waals surface area contributed by atoms with Crippen LogP contribution in [-0.4, -0.2) is 46.5 Å². The van der Waals surface area contributed by atoms with E-state index in [0.717, 1.165) is 4.90 Å².